The van der Waals surface area contributed by atoms with Gasteiger partial charge in [0.15, 0.2) is 0 Å². The summed E-state index contributed by atoms with van der Waals surface area (Å²) in [5, 5.41) is 0.425. The van der Waals surface area contributed by atoms with Crippen molar-refractivity contribution in [3.8, 4) is 0 Å². The van der Waals surface area contributed by atoms with Crippen LogP contribution in [0.15, 0.2) is 41.4 Å². The Hall–Kier alpha value is -1.83. The van der Waals surface area contributed by atoms with E-state index in [1.807, 2.05) is 4.72 Å². The van der Waals surface area contributed by atoms with Crippen molar-refractivity contribution in [2.75, 3.05) is 18.0 Å². The molecule has 1 aromatic heterocycles. The lowest BCUT2D eigenvalue weighted by atomic mass is 9.99. The number of carbonyl (C=O) groups excluding carboxylic acids is 1. The Morgan fingerprint density at radius 3 is 2.48 bits per heavy atom. The first-order valence-electron chi connectivity index (χ1n) is 8.49. The number of pyridine rings is 1. The molecule has 9 heteroatoms. The van der Waals surface area contributed by atoms with Gasteiger partial charge in [0.1, 0.15) is 10.7 Å². The fourth-order valence-electron chi connectivity index (χ4n) is 2.87. The Morgan fingerprint density at radius 1 is 1.19 bits per heavy atom. The number of hydrogen-bond acceptors (Lipinski definition) is 5. The van der Waals surface area contributed by atoms with Gasteiger partial charge in [-0.25, -0.2) is 18.1 Å². The molecule has 0 radical (unpaired) electrons. The van der Waals surface area contributed by atoms with Crippen molar-refractivity contribution in [1.82, 2.24) is 9.71 Å². The summed E-state index contributed by atoms with van der Waals surface area (Å²) < 4.78 is 26.9. The van der Waals surface area contributed by atoms with Gasteiger partial charge in [0.25, 0.3) is 15.9 Å². The topological polar surface area (TPSA) is 79.4 Å². The molecule has 27 heavy (non-hydrogen) atoms. The third-order valence-electron chi connectivity index (χ3n) is 4.54. The SMILES string of the molecule is CC1CCN(c2ccc(S(=O)(=O)NC(=O)c3ccc(Cl)cc3Cl)cn2)CC1. The molecule has 6 nitrogen and oxygen atoms in total. The molecule has 2 heterocycles. The molecule has 1 aliphatic heterocycles. The van der Waals surface area contributed by atoms with Gasteiger partial charge in [-0.1, -0.05) is 30.1 Å². The molecule has 1 N–H and O–H groups in total. The molecule has 0 aliphatic carbocycles. The molecule has 0 spiro atoms. The predicted molar refractivity (Wildman–Crippen MR) is 106 cm³/mol. The Morgan fingerprint density at radius 2 is 1.89 bits per heavy atom. The Balaban J connectivity index is 1.73. The normalized spacial score (nSPS) is 15.6. The molecule has 1 aliphatic rings. The molecule has 3 rings (SSSR count). The third-order valence-corrected chi connectivity index (χ3v) is 6.41. The summed E-state index contributed by atoms with van der Waals surface area (Å²) in [6, 6.07) is 7.31. The highest BCUT2D eigenvalue weighted by Crippen LogP contribution is 2.23. The van der Waals surface area contributed by atoms with Crippen LogP contribution in [0, 0.1) is 5.92 Å². The standard InChI is InChI=1S/C18H19Cl2N3O3S/c1-12-6-8-23(9-7-12)17-5-3-14(11-21-17)27(25,26)22-18(24)15-4-2-13(19)10-16(15)20/h2-5,10-12H,6-9H2,1H3,(H,22,24). The van der Waals surface area contributed by atoms with Gasteiger partial charge in [-0.05, 0) is 49.1 Å². The van der Waals surface area contributed by atoms with Crippen LogP contribution in [0.3, 0.4) is 0 Å². The number of sulfonamides is 1. The number of anilines is 1. The molecule has 1 saturated heterocycles. The molecule has 1 fully saturated rings. The molecular weight excluding hydrogens is 409 g/mol. The maximum Gasteiger partial charge on any atom is 0.266 e. The van der Waals surface area contributed by atoms with Crippen molar-refractivity contribution in [2.24, 2.45) is 5.92 Å². The largest absolute Gasteiger partial charge is 0.357 e. The van der Waals surface area contributed by atoms with E-state index in [0.29, 0.717) is 10.9 Å². The maximum absolute atomic E-state index is 12.5. The molecule has 0 saturated carbocycles. The van der Waals surface area contributed by atoms with E-state index in [0.717, 1.165) is 31.7 Å². The highest BCUT2D eigenvalue weighted by Gasteiger charge is 2.22. The smallest absolute Gasteiger partial charge is 0.266 e. The summed E-state index contributed by atoms with van der Waals surface area (Å²) in [5.74, 6) is 0.592. The Bertz CT molecular complexity index is 941. The van der Waals surface area contributed by atoms with Crippen LogP contribution in [0.4, 0.5) is 5.82 Å². The number of hydrogen-bond donors (Lipinski definition) is 1. The van der Waals surface area contributed by atoms with Gasteiger partial charge < -0.3 is 4.90 Å². The first-order valence-corrected chi connectivity index (χ1v) is 10.7. The monoisotopic (exact) mass is 427 g/mol. The number of halogens is 2. The number of nitrogens with one attached hydrogen (secondary N) is 1. The highest BCUT2D eigenvalue weighted by molar-refractivity contribution is 7.90. The second kappa shape index (κ2) is 8.04. The third kappa shape index (κ3) is 4.72. The van der Waals surface area contributed by atoms with E-state index >= 15 is 0 Å². The van der Waals surface area contributed by atoms with Crippen molar-refractivity contribution in [3.05, 3.63) is 52.1 Å². The van der Waals surface area contributed by atoms with Crippen molar-refractivity contribution in [2.45, 2.75) is 24.7 Å². The molecule has 0 atom stereocenters. The van der Waals surface area contributed by atoms with Crippen LogP contribution in [-0.2, 0) is 10.0 Å². The van der Waals surface area contributed by atoms with Gasteiger partial charge in [-0.3, -0.25) is 4.79 Å². The molecule has 144 valence electrons. The van der Waals surface area contributed by atoms with Crippen LogP contribution in [0.25, 0.3) is 0 Å². The van der Waals surface area contributed by atoms with Crippen LogP contribution in [0.2, 0.25) is 10.0 Å². The average molecular weight is 428 g/mol. The van der Waals surface area contributed by atoms with E-state index in [1.165, 1.54) is 30.5 Å². The zero-order chi connectivity index (χ0) is 19.6. The number of piperidine rings is 1. The van der Waals surface area contributed by atoms with Crippen molar-refractivity contribution in [3.63, 3.8) is 0 Å². The zero-order valence-corrected chi connectivity index (χ0v) is 17.0. The molecule has 0 unspecified atom stereocenters. The fourth-order valence-corrected chi connectivity index (χ4v) is 4.27. The van der Waals surface area contributed by atoms with Gasteiger partial charge in [0.05, 0.1) is 10.6 Å². The average Bonchev–Trinajstić information content (AvgIpc) is 2.62. The van der Waals surface area contributed by atoms with E-state index in [4.69, 9.17) is 23.2 Å². The first-order chi connectivity index (χ1) is 12.8. The van der Waals surface area contributed by atoms with E-state index in [-0.39, 0.29) is 15.5 Å². The summed E-state index contributed by atoms with van der Waals surface area (Å²) >= 11 is 11.7. The van der Waals surface area contributed by atoms with Gasteiger partial charge in [0, 0.05) is 24.3 Å². The van der Waals surface area contributed by atoms with E-state index in [9.17, 15) is 13.2 Å². The predicted octanol–water partition coefficient (Wildman–Crippen LogP) is 3.74. The van der Waals surface area contributed by atoms with Crippen LogP contribution in [0.5, 0.6) is 0 Å². The Kier molecular flexibility index (Phi) is 5.93. The van der Waals surface area contributed by atoms with Gasteiger partial charge in [-0.15, -0.1) is 0 Å². The van der Waals surface area contributed by atoms with Gasteiger partial charge in [-0.2, -0.15) is 0 Å². The van der Waals surface area contributed by atoms with Crippen molar-refractivity contribution in [1.29, 1.82) is 0 Å². The molecular formula is C18H19Cl2N3O3S. The van der Waals surface area contributed by atoms with Crippen LogP contribution < -0.4 is 9.62 Å². The minimum atomic E-state index is -4.06. The molecule has 0 bridgehead atoms. The van der Waals surface area contributed by atoms with E-state index in [2.05, 4.69) is 16.8 Å². The highest BCUT2D eigenvalue weighted by atomic mass is 35.5. The number of amides is 1. The van der Waals surface area contributed by atoms with Crippen LogP contribution in [0.1, 0.15) is 30.1 Å². The van der Waals surface area contributed by atoms with Gasteiger partial charge >= 0.3 is 0 Å². The molecule has 2 aromatic rings. The van der Waals surface area contributed by atoms with Crippen molar-refractivity contribution >= 4 is 45.0 Å². The number of aromatic nitrogens is 1. The lowest BCUT2D eigenvalue weighted by molar-refractivity contribution is 0.0981. The lowest BCUT2D eigenvalue weighted by Crippen LogP contribution is -2.33. The quantitative estimate of drug-likeness (QED) is 0.803. The summed E-state index contributed by atoms with van der Waals surface area (Å²) in [7, 11) is -4.06. The number of benzene rings is 1. The molecule has 1 amide bonds. The number of rotatable bonds is 4. The summed E-state index contributed by atoms with van der Waals surface area (Å²) in [5.41, 5.74) is 0.0247. The minimum absolute atomic E-state index is 0.0247. The van der Waals surface area contributed by atoms with Crippen LogP contribution in [-0.4, -0.2) is 32.4 Å². The maximum atomic E-state index is 12.5. The summed E-state index contributed by atoms with van der Waals surface area (Å²) in [6.07, 6.45) is 3.42. The van der Waals surface area contributed by atoms with E-state index < -0.39 is 15.9 Å². The Labute approximate surface area is 168 Å². The number of carbonyl (C=O) groups is 1. The van der Waals surface area contributed by atoms with Gasteiger partial charge in [0.2, 0.25) is 0 Å². The zero-order valence-electron chi connectivity index (χ0n) is 14.7. The molecule has 1 aromatic carbocycles. The second-order valence-corrected chi connectivity index (χ2v) is 9.11. The summed E-state index contributed by atoms with van der Waals surface area (Å²) in [6.45, 7) is 4.01. The number of nitrogens with zero attached hydrogens (tertiary/aromatic N) is 2. The van der Waals surface area contributed by atoms with E-state index in [1.54, 1.807) is 6.07 Å². The van der Waals surface area contributed by atoms with Crippen molar-refractivity contribution < 1.29 is 13.2 Å². The minimum Gasteiger partial charge on any atom is -0.357 e. The lowest BCUT2D eigenvalue weighted by Gasteiger charge is -2.31. The first kappa shape index (κ1) is 19.9. The van der Waals surface area contributed by atoms with Crippen LogP contribution >= 0.6 is 23.2 Å². The summed E-state index contributed by atoms with van der Waals surface area (Å²) in [4.78, 5) is 18.6. The second-order valence-electron chi connectivity index (χ2n) is 6.58. The fraction of sp³-hybridized carbons (Fsp3) is 0.333.